The van der Waals surface area contributed by atoms with Gasteiger partial charge in [-0.05, 0) is 48.7 Å². The molecule has 5 heteroatoms. The van der Waals surface area contributed by atoms with Gasteiger partial charge in [0.2, 0.25) is 0 Å². The number of alkyl halides is 3. The summed E-state index contributed by atoms with van der Waals surface area (Å²) >= 11 is 6.06. The van der Waals surface area contributed by atoms with Crippen molar-refractivity contribution in [2.75, 3.05) is 19.6 Å². The Kier molecular flexibility index (Phi) is 4.76. The highest BCUT2D eigenvalue weighted by Crippen LogP contribution is 2.35. The quantitative estimate of drug-likeness (QED) is 0.771. The van der Waals surface area contributed by atoms with Crippen molar-refractivity contribution in [3.05, 3.63) is 40.4 Å². The topological polar surface area (TPSA) is 3.24 Å². The minimum Gasteiger partial charge on any atom is -0.299 e. The van der Waals surface area contributed by atoms with E-state index in [9.17, 15) is 13.2 Å². The molecule has 0 fully saturated rings. The molecule has 0 N–H and O–H groups in total. The molecule has 20 heavy (non-hydrogen) atoms. The number of rotatable bonds is 3. The first-order valence-electron chi connectivity index (χ1n) is 6.70. The van der Waals surface area contributed by atoms with E-state index >= 15 is 0 Å². The molecule has 1 aliphatic heterocycles. The average Bonchev–Trinajstić information content (AvgIpc) is 2.39. The van der Waals surface area contributed by atoms with Crippen LogP contribution in [0.4, 0.5) is 13.2 Å². The molecule has 1 aromatic carbocycles. The van der Waals surface area contributed by atoms with E-state index in [1.54, 1.807) is 0 Å². The summed E-state index contributed by atoms with van der Waals surface area (Å²) in [4.78, 5) is 2.28. The molecule has 0 amide bonds. The first kappa shape index (κ1) is 15.4. The SMILES string of the molecule is CCCN1CC=C(c2cc(C(F)(F)F)ccc2Cl)CC1. The van der Waals surface area contributed by atoms with Crippen molar-refractivity contribution in [3.8, 4) is 0 Å². The van der Waals surface area contributed by atoms with E-state index in [0.717, 1.165) is 50.2 Å². The maximum Gasteiger partial charge on any atom is 0.416 e. The van der Waals surface area contributed by atoms with Gasteiger partial charge in [-0.1, -0.05) is 24.6 Å². The van der Waals surface area contributed by atoms with Crippen LogP contribution in [-0.2, 0) is 6.18 Å². The van der Waals surface area contributed by atoms with Gasteiger partial charge in [0.15, 0.2) is 0 Å². The van der Waals surface area contributed by atoms with E-state index in [-0.39, 0.29) is 0 Å². The second-order valence-corrected chi connectivity index (χ2v) is 5.38. The molecular formula is C15H17ClF3N. The van der Waals surface area contributed by atoms with Crippen molar-refractivity contribution >= 4 is 17.2 Å². The molecule has 0 unspecified atom stereocenters. The lowest BCUT2D eigenvalue weighted by molar-refractivity contribution is -0.137. The summed E-state index contributed by atoms with van der Waals surface area (Å²) in [5, 5.41) is 0.383. The van der Waals surface area contributed by atoms with Crippen molar-refractivity contribution in [2.45, 2.75) is 25.9 Å². The molecule has 0 bridgehead atoms. The van der Waals surface area contributed by atoms with Crippen LogP contribution in [0.15, 0.2) is 24.3 Å². The maximum atomic E-state index is 12.8. The fourth-order valence-corrected chi connectivity index (χ4v) is 2.66. The van der Waals surface area contributed by atoms with Crippen molar-refractivity contribution in [1.29, 1.82) is 0 Å². The fourth-order valence-electron chi connectivity index (χ4n) is 2.42. The molecule has 0 spiro atoms. The Balaban J connectivity index is 2.25. The van der Waals surface area contributed by atoms with Crippen LogP contribution < -0.4 is 0 Å². The Morgan fingerprint density at radius 3 is 2.60 bits per heavy atom. The van der Waals surface area contributed by atoms with Gasteiger partial charge >= 0.3 is 6.18 Å². The monoisotopic (exact) mass is 303 g/mol. The zero-order valence-corrected chi connectivity index (χ0v) is 12.1. The standard InChI is InChI=1S/C15H17ClF3N/c1-2-7-20-8-5-11(6-9-20)13-10-12(15(17,18)19)3-4-14(13)16/h3-5,10H,2,6-9H2,1H3. The Bertz CT molecular complexity index is 508. The number of hydrogen-bond acceptors (Lipinski definition) is 1. The predicted molar refractivity (Wildman–Crippen MR) is 75.8 cm³/mol. The zero-order valence-electron chi connectivity index (χ0n) is 11.3. The van der Waals surface area contributed by atoms with Crippen molar-refractivity contribution < 1.29 is 13.2 Å². The summed E-state index contributed by atoms with van der Waals surface area (Å²) in [6, 6.07) is 3.52. The molecule has 1 heterocycles. The first-order chi connectivity index (χ1) is 9.41. The molecule has 1 nitrogen and oxygen atoms in total. The van der Waals surface area contributed by atoms with Crippen LogP contribution in [0.5, 0.6) is 0 Å². The zero-order chi connectivity index (χ0) is 14.8. The maximum absolute atomic E-state index is 12.8. The molecule has 0 atom stereocenters. The summed E-state index contributed by atoms with van der Waals surface area (Å²) in [5.74, 6) is 0. The van der Waals surface area contributed by atoms with Crippen LogP contribution in [0, 0.1) is 0 Å². The molecule has 0 aromatic heterocycles. The molecule has 1 aliphatic rings. The van der Waals surface area contributed by atoms with Gasteiger partial charge in [-0.15, -0.1) is 0 Å². The molecule has 0 aliphatic carbocycles. The van der Waals surface area contributed by atoms with Crippen molar-refractivity contribution in [2.24, 2.45) is 0 Å². The van der Waals surface area contributed by atoms with Crippen molar-refractivity contribution in [3.63, 3.8) is 0 Å². The summed E-state index contributed by atoms with van der Waals surface area (Å²) < 4.78 is 38.3. The van der Waals surface area contributed by atoms with Gasteiger partial charge in [-0.2, -0.15) is 13.2 Å². The number of halogens is 4. The van der Waals surface area contributed by atoms with Gasteiger partial charge in [-0.3, -0.25) is 4.90 Å². The van der Waals surface area contributed by atoms with Gasteiger partial charge < -0.3 is 0 Å². The van der Waals surface area contributed by atoms with Gasteiger partial charge in [0.25, 0.3) is 0 Å². The normalized spacial score (nSPS) is 17.1. The highest BCUT2D eigenvalue weighted by Gasteiger charge is 2.31. The van der Waals surface area contributed by atoms with Crippen LogP contribution in [0.3, 0.4) is 0 Å². The lowest BCUT2D eigenvalue weighted by Gasteiger charge is -2.26. The second kappa shape index (κ2) is 6.19. The lowest BCUT2D eigenvalue weighted by atomic mass is 9.97. The Morgan fingerprint density at radius 2 is 2.05 bits per heavy atom. The van der Waals surface area contributed by atoms with E-state index in [4.69, 9.17) is 11.6 Å². The second-order valence-electron chi connectivity index (χ2n) is 4.97. The van der Waals surface area contributed by atoms with Gasteiger partial charge in [-0.25, -0.2) is 0 Å². The Labute approximate surface area is 122 Å². The van der Waals surface area contributed by atoms with E-state index in [2.05, 4.69) is 11.8 Å². The summed E-state index contributed by atoms with van der Waals surface area (Å²) in [7, 11) is 0. The molecule has 2 rings (SSSR count). The predicted octanol–water partition coefficient (Wildman–Crippen LogP) is 4.86. The van der Waals surface area contributed by atoms with Gasteiger partial charge in [0.1, 0.15) is 0 Å². The summed E-state index contributed by atoms with van der Waals surface area (Å²) in [6.07, 6.45) is -0.530. The van der Waals surface area contributed by atoms with Crippen LogP contribution >= 0.6 is 11.6 Å². The van der Waals surface area contributed by atoms with E-state index < -0.39 is 11.7 Å². The Morgan fingerprint density at radius 1 is 1.30 bits per heavy atom. The van der Waals surface area contributed by atoms with E-state index in [0.29, 0.717) is 10.6 Å². The number of benzene rings is 1. The third kappa shape index (κ3) is 3.55. The third-order valence-electron chi connectivity index (χ3n) is 3.47. The third-order valence-corrected chi connectivity index (χ3v) is 3.80. The molecule has 1 aromatic rings. The van der Waals surface area contributed by atoms with Crippen LogP contribution in [0.1, 0.15) is 30.9 Å². The molecule has 0 saturated carbocycles. The number of nitrogens with zero attached hydrogens (tertiary/aromatic N) is 1. The molecule has 0 radical (unpaired) electrons. The van der Waals surface area contributed by atoms with Crippen molar-refractivity contribution in [1.82, 2.24) is 4.90 Å². The lowest BCUT2D eigenvalue weighted by Crippen LogP contribution is -2.29. The largest absolute Gasteiger partial charge is 0.416 e. The van der Waals surface area contributed by atoms with Gasteiger partial charge in [0.05, 0.1) is 5.56 Å². The average molecular weight is 304 g/mol. The van der Waals surface area contributed by atoms with Crippen LogP contribution in [-0.4, -0.2) is 24.5 Å². The first-order valence-corrected chi connectivity index (χ1v) is 7.08. The minimum absolute atomic E-state index is 0.383. The highest BCUT2D eigenvalue weighted by atomic mass is 35.5. The molecule has 110 valence electrons. The summed E-state index contributed by atoms with van der Waals surface area (Å²) in [6.45, 7) is 4.77. The Hall–Kier alpha value is -1.00. The minimum atomic E-state index is -4.33. The molecular weight excluding hydrogens is 287 g/mol. The number of hydrogen-bond donors (Lipinski definition) is 0. The molecule has 0 saturated heterocycles. The fraction of sp³-hybridized carbons (Fsp3) is 0.467. The van der Waals surface area contributed by atoms with Gasteiger partial charge in [0, 0.05) is 18.1 Å². The summed E-state index contributed by atoms with van der Waals surface area (Å²) in [5.41, 5.74) is 0.778. The van der Waals surface area contributed by atoms with E-state index in [1.165, 1.54) is 6.07 Å². The van der Waals surface area contributed by atoms with E-state index in [1.807, 2.05) is 6.08 Å². The highest BCUT2D eigenvalue weighted by molar-refractivity contribution is 6.32. The van der Waals surface area contributed by atoms with Crippen LogP contribution in [0.25, 0.3) is 5.57 Å². The smallest absolute Gasteiger partial charge is 0.299 e. The van der Waals surface area contributed by atoms with Crippen LogP contribution in [0.2, 0.25) is 5.02 Å².